The standard InChI is InChI=1S/C19H22O4/c1-15(13-14-21-17-9-5-3-6-10-17)19(20)23-16(2)22-18-11-7-4-8-12-18/h3-12,15-16H,13-14H2,1-2H3. The van der Waals surface area contributed by atoms with E-state index in [0.29, 0.717) is 18.8 Å². The quantitative estimate of drug-likeness (QED) is 0.544. The maximum absolute atomic E-state index is 12.0. The topological polar surface area (TPSA) is 44.8 Å². The van der Waals surface area contributed by atoms with Crippen LogP contribution in [0.4, 0.5) is 0 Å². The number of hydrogen-bond acceptors (Lipinski definition) is 4. The van der Waals surface area contributed by atoms with Gasteiger partial charge in [0.1, 0.15) is 11.5 Å². The lowest BCUT2D eigenvalue weighted by Crippen LogP contribution is -2.25. The van der Waals surface area contributed by atoms with Gasteiger partial charge in [-0.05, 0) is 30.7 Å². The number of ether oxygens (including phenoxy) is 3. The Hall–Kier alpha value is -2.49. The van der Waals surface area contributed by atoms with Crippen LogP contribution in [0, 0.1) is 5.92 Å². The van der Waals surface area contributed by atoms with E-state index in [4.69, 9.17) is 14.2 Å². The molecule has 0 amide bonds. The number of carbonyl (C=O) groups is 1. The second kappa shape index (κ2) is 8.83. The molecular formula is C19H22O4. The zero-order valence-corrected chi connectivity index (χ0v) is 13.5. The molecule has 0 saturated carbocycles. The summed E-state index contributed by atoms with van der Waals surface area (Å²) in [7, 11) is 0. The molecule has 0 aliphatic heterocycles. The van der Waals surface area contributed by atoms with Crippen LogP contribution in [0.5, 0.6) is 11.5 Å². The summed E-state index contributed by atoms with van der Waals surface area (Å²) in [5, 5.41) is 0. The van der Waals surface area contributed by atoms with Gasteiger partial charge in [0.2, 0.25) is 6.29 Å². The Morgan fingerprint density at radius 1 is 0.913 bits per heavy atom. The average molecular weight is 314 g/mol. The number of esters is 1. The van der Waals surface area contributed by atoms with Gasteiger partial charge in [-0.2, -0.15) is 0 Å². The van der Waals surface area contributed by atoms with Gasteiger partial charge in [-0.25, -0.2) is 0 Å². The fraction of sp³-hybridized carbons (Fsp3) is 0.316. The van der Waals surface area contributed by atoms with E-state index >= 15 is 0 Å². The maximum atomic E-state index is 12.0. The van der Waals surface area contributed by atoms with Crippen molar-refractivity contribution >= 4 is 5.97 Å². The molecule has 0 heterocycles. The molecule has 2 atom stereocenters. The third-order valence-electron chi connectivity index (χ3n) is 3.29. The molecule has 0 bridgehead atoms. The first-order chi connectivity index (χ1) is 11.1. The van der Waals surface area contributed by atoms with E-state index in [1.807, 2.05) is 67.6 Å². The van der Waals surface area contributed by atoms with Crippen LogP contribution in [0.2, 0.25) is 0 Å². The van der Waals surface area contributed by atoms with E-state index in [1.54, 1.807) is 6.92 Å². The summed E-state index contributed by atoms with van der Waals surface area (Å²) in [6, 6.07) is 18.8. The minimum Gasteiger partial charge on any atom is -0.494 e. The first kappa shape index (κ1) is 16.9. The minimum absolute atomic E-state index is 0.250. The van der Waals surface area contributed by atoms with E-state index in [-0.39, 0.29) is 11.9 Å². The summed E-state index contributed by atoms with van der Waals surface area (Å²) >= 11 is 0. The van der Waals surface area contributed by atoms with E-state index in [9.17, 15) is 4.79 Å². The van der Waals surface area contributed by atoms with Crippen molar-refractivity contribution in [3.63, 3.8) is 0 Å². The van der Waals surface area contributed by atoms with Crippen molar-refractivity contribution in [2.24, 2.45) is 5.92 Å². The molecule has 4 heteroatoms. The van der Waals surface area contributed by atoms with E-state index < -0.39 is 6.29 Å². The van der Waals surface area contributed by atoms with Gasteiger partial charge in [-0.15, -0.1) is 0 Å². The highest BCUT2D eigenvalue weighted by Crippen LogP contribution is 2.14. The van der Waals surface area contributed by atoms with Crippen molar-refractivity contribution in [1.29, 1.82) is 0 Å². The third kappa shape index (κ3) is 6.02. The van der Waals surface area contributed by atoms with Gasteiger partial charge in [-0.3, -0.25) is 4.79 Å². The third-order valence-corrected chi connectivity index (χ3v) is 3.29. The molecule has 0 spiro atoms. The Bertz CT molecular complexity index is 583. The molecule has 0 aromatic heterocycles. The molecule has 2 aromatic carbocycles. The highest BCUT2D eigenvalue weighted by Gasteiger charge is 2.18. The number of hydrogen-bond donors (Lipinski definition) is 0. The van der Waals surface area contributed by atoms with Gasteiger partial charge < -0.3 is 14.2 Å². The monoisotopic (exact) mass is 314 g/mol. The van der Waals surface area contributed by atoms with Crippen molar-refractivity contribution in [3.05, 3.63) is 60.7 Å². The lowest BCUT2D eigenvalue weighted by Gasteiger charge is -2.18. The number of carbonyl (C=O) groups excluding carboxylic acids is 1. The minimum atomic E-state index is -0.623. The fourth-order valence-electron chi connectivity index (χ4n) is 1.98. The molecule has 0 radical (unpaired) electrons. The van der Waals surface area contributed by atoms with Crippen LogP contribution in [-0.4, -0.2) is 18.9 Å². The van der Waals surface area contributed by atoms with Crippen molar-refractivity contribution in [1.82, 2.24) is 0 Å². The average Bonchev–Trinajstić information content (AvgIpc) is 2.56. The van der Waals surface area contributed by atoms with Gasteiger partial charge in [0.15, 0.2) is 0 Å². The SMILES string of the molecule is CC(OC(=O)C(C)CCOc1ccccc1)Oc1ccccc1. The van der Waals surface area contributed by atoms with Crippen LogP contribution >= 0.6 is 0 Å². The van der Waals surface area contributed by atoms with Gasteiger partial charge in [0.25, 0.3) is 0 Å². The lowest BCUT2D eigenvalue weighted by atomic mass is 10.1. The molecule has 2 rings (SSSR count). The second-order valence-corrected chi connectivity index (χ2v) is 5.29. The Kier molecular flexibility index (Phi) is 6.48. The summed E-state index contributed by atoms with van der Waals surface area (Å²) in [6.07, 6.45) is -0.0337. The van der Waals surface area contributed by atoms with Crippen molar-refractivity contribution in [2.75, 3.05) is 6.61 Å². The van der Waals surface area contributed by atoms with Crippen LogP contribution in [0.1, 0.15) is 20.3 Å². The summed E-state index contributed by atoms with van der Waals surface area (Å²) in [6.45, 7) is 4.00. The Labute approximate surface area is 137 Å². The van der Waals surface area contributed by atoms with Crippen LogP contribution in [0.3, 0.4) is 0 Å². The van der Waals surface area contributed by atoms with Gasteiger partial charge in [0, 0.05) is 6.92 Å². The van der Waals surface area contributed by atoms with Crippen LogP contribution in [0.25, 0.3) is 0 Å². The van der Waals surface area contributed by atoms with Gasteiger partial charge in [0.05, 0.1) is 12.5 Å². The molecule has 0 fully saturated rings. The summed E-state index contributed by atoms with van der Waals surface area (Å²) in [5.41, 5.74) is 0. The summed E-state index contributed by atoms with van der Waals surface area (Å²) in [5.74, 6) is 0.937. The van der Waals surface area contributed by atoms with E-state index in [0.717, 1.165) is 5.75 Å². The molecular weight excluding hydrogens is 292 g/mol. The van der Waals surface area contributed by atoms with E-state index in [2.05, 4.69) is 0 Å². The maximum Gasteiger partial charge on any atom is 0.311 e. The Morgan fingerprint density at radius 3 is 2.09 bits per heavy atom. The predicted octanol–water partition coefficient (Wildman–Crippen LogP) is 4.06. The Morgan fingerprint density at radius 2 is 1.48 bits per heavy atom. The molecule has 0 aliphatic rings. The highest BCUT2D eigenvalue weighted by atomic mass is 16.7. The molecule has 0 N–H and O–H groups in total. The van der Waals surface area contributed by atoms with Gasteiger partial charge >= 0.3 is 5.97 Å². The molecule has 23 heavy (non-hydrogen) atoms. The van der Waals surface area contributed by atoms with Crippen molar-refractivity contribution < 1.29 is 19.0 Å². The molecule has 4 nitrogen and oxygen atoms in total. The largest absolute Gasteiger partial charge is 0.494 e. The van der Waals surface area contributed by atoms with Crippen LogP contribution in [0.15, 0.2) is 60.7 Å². The number of rotatable bonds is 8. The summed E-state index contributed by atoms with van der Waals surface area (Å²) in [4.78, 5) is 12.0. The van der Waals surface area contributed by atoms with Crippen LogP contribution in [-0.2, 0) is 9.53 Å². The predicted molar refractivity (Wildman–Crippen MR) is 88.3 cm³/mol. The Balaban J connectivity index is 1.70. The second-order valence-electron chi connectivity index (χ2n) is 5.29. The first-order valence-electron chi connectivity index (χ1n) is 7.75. The normalized spacial score (nSPS) is 13.0. The zero-order valence-electron chi connectivity index (χ0n) is 13.5. The molecule has 122 valence electrons. The molecule has 2 aromatic rings. The van der Waals surface area contributed by atoms with Gasteiger partial charge in [-0.1, -0.05) is 43.3 Å². The number of para-hydroxylation sites is 2. The smallest absolute Gasteiger partial charge is 0.311 e. The number of benzene rings is 2. The van der Waals surface area contributed by atoms with Crippen LogP contribution < -0.4 is 9.47 Å². The molecule has 0 aliphatic carbocycles. The first-order valence-corrected chi connectivity index (χ1v) is 7.75. The molecule has 0 saturated heterocycles. The highest BCUT2D eigenvalue weighted by molar-refractivity contribution is 5.72. The fourth-order valence-corrected chi connectivity index (χ4v) is 1.98. The van der Waals surface area contributed by atoms with E-state index in [1.165, 1.54) is 0 Å². The van der Waals surface area contributed by atoms with Crippen molar-refractivity contribution in [2.45, 2.75) is 26.6 Å². The lowest BCUT2D eigenvalue weighted by molar-refractivity contribution is -0.166. The zero-order chi connectivity index (χ0) is 16.5. The van der Waals surface area contributed by atoms with Crippen molar-refractivity contribution in [3.8, 4) is 11.5 Å². The molecule has 2 unspecified atom stereocenters. The summed E-state index contributed by atoms with van der Waals surface area (Å²) < 4.78 is 16.4.